The average molecular weight is 271 g/mol. The number of carbonyl (C=O) groups excluding carboxylic acids is 2. The van der Waals surface area contributed by atoms with Crippen LogP contribution in [0.2, 0.25) is 0 Å². The number of ether oxygens (including phenoxy) is 2. The van der Waals surface area contributed by atoms with E-state index in [9.17, 15) is 9.59 Å². The standard InChI is InChI=1S/C12H17NO6/c1-6(14)13-8-5-4-7(11(15)19-16)9-10(8)18-12(2,3)17-9/h4-5,7-10,16H,1-3H3,(H,13,14)/t7-,8+,9-,10-/m0/s1. The first-order chi connectivity index (χ1) is 8.84. The lowest BCUT2D eigenvalue weighted by Crippen LogP contribution is -2.51. The van der Waals surface area contributed by atoms with Gasteiger partial charge in [0.05, 0.1) is 6.04 Å². The van der Waals surface area contributed by atoms with E-state index in [0.29, 0.717) is 0 Å². The van der Waals surface area contributed by atoms with E-state index in [-0.39, 0.29) is 11.9 Å². The molecule has 2 N–H and O–H groups in total. The summed E-state index contributed by atoms with van der Waals surface area (Å²) in [6, 6.07) is -0.382. The molecule has 1 amide bonds. The molecule has 2 aliphatic rings. The van der Waals surface area contributed by atoms with Crippen molar-refractivity contribution in [2.24, 2.45) is 5.92 Å². The van der Waals surface area contributed by atoms with Gasteiger partial charge in [-0.2, -0.15) is 5.26 Å². The molecule has 0 aromatic rings. The van der Waals surface area contributed by atoms with E-state index in [4.69, 9.17) is 14.7 Å². The molecule has 0 aromatic heterocycles. The van der Waals surface area contributed by atoms with Crippen LogP contribution in [0, 0.1) is 5.92 Å². The van der Waals surface area contributed by atoms with Crippen molar-refractivity contribution in [1.29, 1.82) is 0 Å². The summed E-state index contributed by atoms with van der Waals surface area (Å²) >= 11 is 0. The maximum Gasteiger partial charge on any atom is 0.351 e. The molecule has 106 valence electrons. The molecule has 0 unspecified atom stereocenters. The van der Waals surface area contributed by atoms with E-state index in [1.165, 1.54) is 6.92 Å². The molecule has 1 saturated heterocycles. The Bertz CT molecular complexity index is 418. The lowest BCUT2D eigenvalue weighted by Gasteiger charge is -2.31. The molecule has 0 radical (unpaired) electrons. The second kappa shape index (κ2) is 4.92. The van der Waals surface area contributed by atoms with Crippen LogP contribution in [0.4, 0.5) is 0 Å². The maximum absolute atomic E-state index is 11.5. The van der Waals surface area contributed by atoms with Crippen LogP contribution in [-0.2, 0) is 24.0 Å². The van der Waals surface area contributed by atoms with Crippen molar-refractivity contribution < 1.29 is 29.2 Å². The minimum absolute atomic E-state index is 0.204. The number of rotatable bonds is 2. The SMILES string of the molecule is CC(=O)N[C@@H]1C=C[C@H](C(=O)OO)[C@@H]2OC(C)(C)O[C@H]21. The van der Waals surface area contributed by atoms with E-state index in [1.54, 1.807) is 26.0 Å². The van der Waals surface area contributed by atoms with Crippen LogP contribution in [0.3, 0.4) is 0 Å². The number of hydrogen-bond acceptors (Lipinski definition) is 6. The third kappa shape index (κ3) is 2.78. The summed E-state index contributed by atoms with van der Waals surface area (Å²) in [6.07, 6.45) is 2.07. The molecule has 1 fully saturated rings. The molecule has 1 heterocycles. The Hall–Kier alpha value is -1.44. The van der Waals surface area contributed by atoms with Crippen molar-refractivity contribution >= 4 is 11.9 Å². The van der Waals surface area contributed by atoms with E-state index in [1.807, 2.05) is 0 Å². The Morgan fingerprint density at radius 3 is 2.47 bits per heavy atom. The molecule has 1 aliphatic heterocycles. The number of nitrogens with one attached hydrogen (secondary N) is 1. The highest BCUT2D eigenvalue weighted by molar-refractivity contribution is 5.76. The molecular weight excluding hydrogens is 254 g/mol. The van der Waals surface area contributed by atoms with E-state index in [0.717, 1.165) is 0 Å². The van der Waals surface area contributed by atoms with Crippen LogP contribution in [0.1, 0.15) is 20.8 Å². The fourth-order valence-electron chi connectivity index (χ4n) is 2.47. The van der Waals surface area contributed by atoms with Gasteiger partial charge in [-0.1, -0.05) is 12.2 Å². The lowest BCUT2D eigenvalue weighted by molar-refractivity contribution is -0.241. The summed E-state index contributed by atoms with van der Waals surface area (Å²) in [7, 11) is 0. The van der Waals surface area contributed by atoms with Gasteiger partial charge in [0, 0.05) is 6.92 Å². The van der Waals surface area contributed by atoms with Crippen LogP contribution in [0.5, 0.6) is 0 Å². The first-order valence-corrected chi connectivity index (χ1v) is 6.00. The third-order valence-corrected chi connectivity index (χ3v) is 3.13. The molecule has 2 rings (SSSR count). The number of amides is 1. The first kappa shape index (κ1) is 14.0. The predicted molar refractivity (Wildman–Crippen MR) is 62.8 cm³/mol. The fraction of sp³-hybridized carbons (Fsp3) is 0.667. The first-order valence-electron chi connectivity index (χ1n) is 6.00. The van der Waals surface area contributed by atoms with Crippen LogP contribution in [0.25, 0.3) is 0 Å². The molecule has 0 bridgehead atoms. The van der Waals surface area contributed by atoms with Crippen molar-refractivity contribution in [3.05, 3.63) is 12.2 Å². The predicted octanol–water partition coefficient (Wildman–Crippen LogP) is 0.213. The molecule has 19 heavy (non-hydrogen) atoms. The topological polar surface area (TPSA) is 94.1 Å². The minimum Gasteiger partial charge on any atom is -0.347 e. The van der Waals surface area contributed by atoms with E-state index in [2.05, 4.69) is 10.2 Å². The van der Waals surface area contributed by atoms with Gasteiger partial charge in [0.2, 0.25) is 5.91 Å². The summed E-state index contributed by atoms with van der Waals surface area (Å²) in [5, 5.41) is 11.2. The Balaban J connectivity index is 2.25. The van der Waals surface area contributed by atoms with Gasteiger partial charge in [0.15, 0.2) is 5.79 Å². The molecular formula is C12H17NO6. The van der Waals surface area contributed by atoms with Crippen molar-refractivity contribution in [1.82, 2.24) is 5.32 Å². The van der Waals surface area contributed by atoms with Crippen LogP contribution in [0.15, 0.2) is 12.2 Å². The second-order valence-electron chi connectivity index (χ2n) is 5.11. The largest absolute Gasteiger partial charge is 0.351 e. The van der Waals surface area contributed by atoms with Crippen LogP contribution >= 0.6 is 0 Å². The van der Waals surface area contributed by atoms with Gasteiger partial charge in [-0.3, -0.25) is 4.79 Å². The van der Waals surface area contributed by atoms with Gasteiger partial charge in [0.25, 0.3) is 0 Å². The van der Waals surface area contributed by atoms with Gasteiger partial charge < -0.3 is 19.7 Å². The zero-order chi connectivity index (χ0) is 14.2. The molecule has 7 heteroatoms. The molecule has 0 spiro atoms. The summed E-state index contributed by atoms with van der Waals surface area (Å²) in [5.74, 6) is -2.65. The molecule has 0 saturated carbocycles. The Morgan fingerprint density at radius 2 is 1.89 bits per heavy atom. The van der Waals surface area contributed by atoms with E-state index < -0.39 is 29.9 Å². The highest BCUT2D eigenvalue weighted by atomic mass is 17.1. The van der Waals surface area contributed by atoms with Gasteiger partial charge >= 0.3 is 5.97 Å². The van der Waals surface area contributed by atoms with Gasteiger partial charge in [0.1, 0.15) is 18.1 Å². The Kier molecular flexibility index (Phi) is 3.62. The molecule has 7 nitrogen and oxygen atoms in total. The Morgan fingerprint density at radius 1 is 1.26 bits per heavy atom. The zero-order valence-corrected chi connectivity index (χ0v) is 11.0. The highest BCUT2D eigenvalue weighted by Gasteiger charge is 2.52. The number of fused-ring (bicyclic) bond motifs is 1. The zero-order valence-electron chi connectivity index (χ0n) is 11.0. The number of carbonyl (C=O) groups is 2. The van der Waals surface area contributed by atoms with Crippen molar-refractivity contribution in [2.75, 3.05) is 0 Å². The van der Waals surface area contributed by atoms with Crippen LogP contribution in [-0.4, -0.2) is 41.2 Å². The monoisotopic (exact) mass is 271 g/mol. The maximum atomic E-state index is 11.5. The summed E-state index contributed by atoms with van der Waals surface area (Å²) < 4.78 is 11.4. The van der Waals surface area contributed by atoms with Crippen molar-refractivity contribution in [2.45, 2.75) is 44.8 Å². The third-order valence-electron chi connectivity index (χ3n) is 3.13. The molecule has 4 atom stereocenters. The molecule has 0 aromatic carbocycles. The van der Waals surface area contributed by atoms with E-state index >= 15 is 0 Å². The highest BCUT2D eigenvalue weighted by Crippen LogP contribution is 2.37. The van der Waals surface area contributed by atoms with Gasteiger partial charge in [-0.25, -0.2) is 4.79 Å². The lowest BCUT2D eigenvalue weighted by atomic mass is 9.87. The normalized spacial score (nSPS) is 35.6. The molecule has 1 aliphatic carbocycles. The fourth-order valence-corrected chi connectivity index (χ4v) is 2.47. The smallest absolute Gasteiger partial charge is 0.347 e. The number of hydrogen-bond donors (Lipinski definition) is 2. The van der Waals surface area contributed by atoms with Gasteiger partial charge in [-0.05, 0) is 13.8 Å². The second-order valence-corrected chi connectivity index (χ2v) is 5.11. The van der Waals surface area contributed by atoms with Crippen molar-refractivity contribution in [3.8, 4) is 0 Å². The Labute approximate surface area is 110 Å². The summed E-state index contributed by atoms with van der Waals surface area (Å²) in [5.41, 5.74) is 0. The summed E-state index contributed by atoms with van der Waals surface area (Å²) in [4.78, 5) is 26.4. The average Bonchev–Trinajstić information content (AvgIpc) is 2.63. The quantitative estimate of drug-likeness (QED) is 0.424. The summed E-state index contributed by atoms with van der Waals surface area (Å²) in [6.45, 7) is 4.84. The van der Waals surface area contributed by atoms with Crippen LogP contribution < -0.4 is 5.32 Å². The van der Waals surface area contributed by atoms with Crippen molar-refractivity contribution in [3.63, 3.8) is 0 Å². The minimum atomic E-state index is -0.869. The van der Waals surface area contributed by atoms with Gasteiger partial charge in [-0.15, -0.1) is 0 Å².